The lowest BCUT2D eigenvalue weighted by molar-refractivity contribution is -0.139. The molecule has 2 unspecified atom stereocenters. The van der Waals surface area contributed by atoms with Gasteiger partial charge in [0, 0.05) is 0 Å². The average molecular weight is 383 g/mol. The van der Waals surface area contributed by atoms with E-state index < -0.39 is 11.8 Å². The van der Waals surface area contributed by atoms with Gasteiger partial charge in [-0.1, -0.05) is 36.5 Å². The number of nitrogens with zero attached hydrogens (tertiary/aromatic N) is 2. The maximum absolute atomic E-state index is 12.1. The second-order valence-corrected chi connectivity index (χ2v) is 7.74. The minimum atomic E-state index is -0.837. The Kier molecular flexibility index (Phi) is 7.26. The number of rotatable bonds is 4. The fraction of sp³-hybridized carbons (Fsp3) is 0.455. The molecule has 150 valence electrons. The molecule has 0 fully saturated rings. The van der Waals surface area contributed by atoms with Gasteiger partial charge in [-0.25, -0.2) is 10.9 Å². The van der Waals surface area contributed by atoms with Crippen LogP contribution in [0.2, 0.25) is 0 Å². The van der Waals surface area contributed by atoms with Crippen molar-refractivity contribution in [2.45, 2.75) is 53.4 Å². The number of carbonyl (C=O) groups excluding carboxylic acids is 2. The van der Waals surface area contributed by atoms with E-state index in [1.54, 1.807) is 0 Å². The van der Waals surface area contributed by atoms with Crippen LogP contribution >= 0.6 is 0 Å². The lowest BCUT2D eigenvalue weighted by atomic mass is 9.85. The minimum Gasteiger partial charge on any atom is -0.262 e. The predicted molar refractivity (Wildman–Crippen MR) is 114 cm³/mol. The van der Waals surface area contributed by atoms with Crippen molar-refractivity contribution in [1.82, 2.24) is 10.9 Å². The summed E-state index contributed by atoms with van der Waals surface area (Å²) in [6, 6.07) is 0. The van der Waals surface area contributed by atoms with Crippen LogP contribution in [0.25, 0.3) is 0 Å². The van der Waals surface area contributed by atoms with Crippen LogP contribution in [-0.4, -0.2) is 23.2 Å². The van der Waals surface area contributed by atoms with E-state index in [1.807, 2.05) is 27.7 Å². The fourth-order valence-electron chi connectivity index (χ4n) is 3.19. The van der Waals surface area contributed by atoms with Crippen molar-refractivity contribution in [3.63, 3.8) is 0 Å². The van der Waals surface area contributed by atoms with E-state index >= 15 is 0 Å². The van der Waals surface area contributed by atoms with Gasteiger partial charge in [0.2, 0.25) is 0 Å². The number of nitrogens with one attached hydrogen (secondary N) is 2. The molecular formula is C22H30N4O2. The van der Waals surface area contributed by atoms with Crippen LogP contribution in [0, 0.1) is 11.8 Å². The van der Waals surface area contributed by atoms with E-state index in [4.69, 9.17) is 0 Å². The maximum atomic E-state index is 12.1. The quantitative estimate of drug-likeness (QED) is 0.440. The van der Waals surface area contributed by atoms with Crippen molar-refractivity contribution in [2.24, 2.45) is 22.0 Å². The molecule has 0 aromatic heterocycles. The molecule has 28 heavy (non-hydrogen) atoms. The Morgan fingerprint density at radius 3 is 1.54 bits per heavy atom. The molecule has 0 heterocycles. The third-order valence-corrected chi connectivity index (χ3v) is 5.39. The van der Waals surface area contributed by atoms with Crippen LogP contribution in [0.3, 0.4) is 0 Å². The van der Waals surface area contributed by atoms with E-state index in [0.29, 0.717) is 24.7 Å². The Hall–Kier alpha value is -2.76. The van der Waals surface area contributed by atoms with Crippen molar-refractivity contribution in [3.05, 3.63) is 47.6 Å². The van der Waals surface area contributed by atoms with E-state index in [-0.39, 0.29) is 0 Å². The number of hydrazone groups is 2. The minimum absolute atomic E-state index is 0.307. The first-order valence-electron chi connectivity index (χ1n) is 9.57. The first-order chi connectivity index (χ1) is 13.2. The van der Waals surface area contributed by atoms with Crippen molar-refractivity contribution in [1.29, 1.82) is 0 Å². The standard InChI is InChI=1S/C22H30N4O2/c1-13(2)17-9-7-15(5)19(11-17)23-25-21(27)22(28)26-24-20-12-18(14(3)4)10-8-16(20)6/h7-8,17-18H,1,3,9-12H2,2,4-6H3,(H,25,27)(H,26,28)/b23-19-,24-20-. The molecule has 2 amide bonds. The topological polar surface area (TPSA) is 82.9 Å². The zero-order valence-electron chi connectivity index (χ0n) is 17.3. The Labute approximate surface area is 167 Å². The summed E-state index contributed by atoms with van der Waals surface area (Å²) in [7, 11) is 0. The molecule has 0 radical (unpaired) electrons. The lowest BCUT2D eigenvalue weighted by Gasteiger charge is -2.22. The van der Waals surface area contributed by atoms with Crippen LogP contribution < -0.4 is 10.9 Å². The number of amides is 2. The van der Waals surface area contributed by atoms with Gasteiger partial charge in [-0.15, -0.1) is 0 Å². The van der Waals surface area contributed by atoms with Gasteiger partial charge >= 0.3 is 11.8 Å². The third kappa shape index (κ3) is 5.62. The summed E-state index contributed by atoms with van der Waals surface area (Å²) in [6.45, 7) is 15.9. The molecule has 6 nitrogen and oxygen atoms in total. The predicted octanol–water partition coefficient (Wildman–Crippen LogP) is 3.80. The second-order valence-electron chi connectivity index (χ2n) is 7.74. The molecule has 0 bridgehead atoms. The molecule has 2 aliphatic carbocycles. The molecule has 2 N–H and O–H groups in total. The van der Waals surface area contributed by atoms with Gasteiger partial charge in [0.1, 0.15) is 0 Å². The van der Waals surface area contributed by atoms with Gasteiger partial charge < -0.3 is 0 Å². The van der Waals surface area contributed by atoms with E-state index in [9.17, 15) is 9.59 Å². The van der Waals surface area contributed by atoms with Gasteiger partial charge in [-0.3, -0.25) is 9.59 Å². The van der Waals surface area contributed by atoms with Crippen LogP contribution in [0.1, 0.15) is 53.4 Å². The highest BCUT2D eigenvalue weighted by Crippen LogP contribution is 2.27. The Morgan fingerprint density at radius 2 is 1.21 bits per heavy atom. The number of carbonyl (C=O) groups is 2. The fourth-order valence-corrected chi connectivity index (χ4v) is 3.19. The molecule has 0 saturated heterocycles. The van der Waals surface area contributed by atoms with Gasteiger partial charge in [0.25, 0.3) is 0 Å². The molecule has 0 aromatic rings. The summed E-state index contributed by atoms with van der Waals surface area (Å²) in [6.07, 6.45) is 7.41. The molecule has 2 rings (SSSR count). The van der Waals surface area contributed by atoms with Crippen molar-refractivity contribution < 1.29 is 9.59 Å². The highest BCUT2D eigenvalue weighted by molar-refractivity contribution is 6.35. The van der Waals surface area contributed by atoms with Crippen LogP contribution in [0.5, 0.6) is 0 Å². The summed E-state index contributed by atoms with van der Waals surface area (Å²) in [5.41, 5.74) is 10.4. The van der Waals surface area contributed by atoms with Crippen molar-refractivity contribution in [3.8, 4) is 0 Å². The highest BCUT2D eigenvalue weighted by Gasteiger charge is 2.21. The summed E-state index contributed by atoms with van der Waals surface area (Å²) in [5.74, 6) is -1.06. The van der Waals surface area contributed by atoms with Gasteiger partial charge in [-0.05, 0) is 76.4 Å². The van der Waals surface area contributed by atoms with Crippen molar-refractivity contribution in [2.75, 3.05) is 0 Å². The van der Waals surface area contributed by atoms with Gasteiger partial charge in [0.05, 0.1) is 11.4 Å². The largest absolute Gasteiger partial charge is 0.331 e. The summed E-state index contributed by atoms with van der Waals surface area (Å²) in [5, 5.41) is 8.28. The average Bonchev–Trinajstić information content (AvgIpc) is 2.65. The van der Waals surface area contributed by atoms with Gasteiger partial charge in [0.15, 0.2) is 0 Å². The molecule has 0 aromatic carbocycles. The summed E-state index contributed by atoms with van der Waals surface area (Å²) >= 11 is 0. The third-order valence-electron chi connectivity index (χ3n) is 5.39. The van der Waals surface area contributed by atoms with Crippen LogP contribution in [0.4, 0.5) is 0 Å². The molecule has 2 aliphatic rings. The maximum Gasteiger partial charge on any atom is 0.331 e. The van der Waals surface area contributed by atoms with Crippen LogP contribution in [-0.2, 0) is 9.59 Å². The van der Waals surface area contributed by atoms with Crippen LogP contribution in [0.15, 0.2) is 57.8 Å². The van der Waals surface area contributed by atoms with E-state index in [2.05, 4.69) is 46.4 Å². The Balaban J connectivity index is 1.97. The second kappa shape index (κ2) is 9.44. The lowest BCUT2D eigenvalue weighted by Crippen LogP contribution is -2.37. The molecular weight excluding hydrogens is 352 g/mol. The van der Waals surface area contributed by atoms with E-state index in [1.165, 1.54) is 0 Å². The molecule has 0 aliphatic heterocycles. The van der Waals surface area contributed by atoms with Crippen molar-refractivity contribution >= 4 is 23.2 Å². The first kappa shape index (κ1) is 21.5. The number of hydrogen-bond donors (Lipinski definition) is 2. The Morgan fingerprint density at radius 1 is 0.857 bits per heavy atom. The smallest absolute Gasteiger partial charge is 0.262 e. The number of hydrogen-bond acceptors (Lipinski definition) is 4. The molecule has 0 spiro atoms. The summed E-state index contributed by atoms with van der Waals surface area (Å²) in [4.78, 5) is 24.1. The Bertz CT molecular complexity index is 746. The zero-order chi connectivity index (χ0) is 20.8. The normalized spacial score (nSPS) is 25.0. The first-order valence-corrected chi connectivity index (χ1v) is 9.57. The monoisotopic (exact) mass is 382 g/mol. The number of allylic oxidation sites excluding steroid dienone is 6. The summed E-state index contributed by atoms with van der Waals surface area (Å²) < 4.78 is 0. The molecule has 6 heteroatoms. The SMILES string of the molecule is C=C(C)C1CC=C(C)/C(=N\NC(=O)C(=O)N/N=C2/CC(C(=C)C)CC=C2C)C1. The highest BCUT2D eigenvalue weighted by atomic mass is 16.2. The van der Waals surface area contributed by atoms with E-state index in [0.717, 1.165) is 46.6 Å². The molecule has 2 atom stereocenters. The molecule has 0 saturated carbocycles. The zero-order valence-corrected chi connectivity index (χ0v) is 17.3. The van der Waals surface area contributed by atoms with Gasteiger partial charge in [-0.2, -0.15) is 10.2 Å².